The summed E-state index contributed by atoms with van der Waals surface area (Å²) < 4.78 is 0. The fraction of sp³-hybridized carbons (Fsp3) is 0.444. The van der Waals surface area contributed by atoms with E-state index in [1.165, 1.54) is 35.2 Å². The Kier molecular flexibility index (Phi) is 4.87. The van der Waals surface area contributed by atoms with Crippen LogP contribution in [0.3, 0.4) is 0 Å². The number of hydrogen-bond donors (Lipinski definition) is 2. The van der Waals surface area contributed by atoms with Gasteiger partial charge in [0.2, 0.25) is 5.91 Å². The van der Waals surface area contributed by atoms with Crippen LogP contribution in [0.4, 0.5) is 5.69 Å². The van der Waals surface area contributed by atoms with Crippen molar-refractivity contribution in [3.63, 3.8) is 0 Å². The molecule has 3 aromatic rings. The van der Waals surface area contributed by atoms with Crippen LogP contribution in [0.15, 0.2) is 36.5 Å². The highest BCUT2D eigenvalue weighted by molar-refractivity contribution is 5.97. The molecule has 33 heavy (non-hydrogen) atoms. The summed E-state index contributed by atoms with van der Waals surface area (Å²) >= 11 is 0. The van der Waals surface area contributed by atoms with Crippen molar-refractivity contribution >= 4 is 22.5 Å². The number of benzene rings is 1. The van der Waals surface area contributed by atoms with Gasteiger partial charge in [0.1, 0.15) is 0 Å². The average molecular weight is 442 g/mol. The SMILES string of the molecule is NC(=O)C1(c2cc(-c3ccc4nc5c(c(N6CCC[C@@H](N)C6)c4c3)CCCC5)ccn2)CC1. The van der Waals surface area contributed by atoms with Gasteiger partial charge in [-0.15, -0.1) is 0 Å². The van der Waals surface area contributed by atoms with E-state index in [0.29, 0.717) is 0 Å². The van der Waals surface area contributed by atoms with Crippen molar-refractivity contribution in [1.29, 1.82) is 0 Å². The molecule has 2 aliphatic carbocycles. The van der Waals surface area contributed by atoms with Crippen molar-refractivity contribution in [2.24, 2.45) is 11.5 Å². The highest BCUT2D eigenvalue weighted by atomic mass is 16.1. The van der Waals surface area contributed by atoms with Crippen LogP contribution in [0.2, 0.25) is 0 Å². The smallest absolute Gasteiger partial charge is 0.229 e. The van der Waals surface area contributed by atoms with Gasteiger partial charge < -0.3 is 16.4 Å². The number of carbonyl (C=O) groups is 1. The first-order valence-corrected chi connectivity index (χ1v) is 12.3. The number of pyridine rings is 2. The van der Waals surface area contributed by atoms with E-state index in [0.717, 1.165) is 74.0 Å². The van der Waals surface area contributed by atoms with E-state index < -0.39 is 5.41 Å². The zero-order valence-electron chi connectivity index (χ0n) is 19.0. The normalized spacial score (nSPS) is 21.6. The number of aryl methyl sites for hydroxylation is 1. The molecular formula is C27H31N5O. The maximum absolute atomic E-state index is 12.0. The summed E-state index contributed by atoms with van der Waals surface area (Å²) in [7, 11) is 0. The molecule has 1 saturated heterocycles. The number of hydrogen-bond acceptors (Lipinski definition) is 5. The summed E-state index contributed by atoms with van der Waals surface area (Å²) in [5.41, 5.74) is 19.6. The van der Waals surface area contributed by atoms with Gasteiger partial charge in [0.05, 0.1) is 22.3 Å². The van der Waals surface area contributed by atoms with Crippen LogP contribution in [0, 0.1) is 0 Å². The Hall–Kier alpha value is -2.99. The molecule has 4 N–H and O–H groups in total. The highest BCUT2D eigenvalue weighted by Gasteiger charge is 2.51. The van der Waals surface area contributed by atoms with E-state index in [-0.39, 0.29) is 11.9 Å². The second-order valence-electron chi connectivity index (χ2n) is 10.0. The molecule has 2 aromatic heterocycles. The number of aromatic nitrogens is 2. The molecule has 0 bridgehead atoms. The summed E-state index contributed by atoms with van der Waals surface area (Å²) in [4.78, 5) is 24.1. The molecule has 3 heterocycles. The Morgan fingerprint density at radius 1 is 1.06 bits per heavy atom. The Morgan fingerprint density at radius 3 is 2.67 bits per heavy atom. The summed E-state index contributed by atoms with van der Waals surface area (Å²) in [5, 5.41) is 1.21. The van der Waals surface area contributed by atoms with Crippen LogP contribution in [0.25, 0.3) is 22.0 Å². The topological polar surface area (TPSA) is 98.1 Å². The molecule has 170 valence electrons. The van der Waals surface area contributed by atoms with Crippen LogP contribution in [-0.2, 0) is 23.1 Å². The second-order valence-corrected chi connectivity index (χ2v) is 10.0. The Labute approximate surface area is 194 Å². The number of fused-ring (bicyclic) bond motifs is 2. The van der Waals surface area contributed by atoms with Gasteiger partial charge in [-0.2, -0.15) is 0 Å². The molecule has 0 spiro atoms. The van der Waals surface area contributed by atoms with Crippen molar-refractivity contribution < 1.29 is 4.79 Å². The van der Waals surface area contributed by atoms with Crippen LogP contribution in [-0.4, -0.2) is 35.0 Å². The molecule has 1 aliphatic heterocycles. The first-order chi connectivity index (χ1) is 16.0. The van der Waals surface area contributed by atoms with Gasteiger partial charge in [-0.1, -0.05) is 6.07 Å². The minimum Gasteiger partial charge on any atom is -0.369 e. The summed E-state index contributed by atoms with van der Waals surface area (Å²) in [6.45, 7) is 1.94. The number of nitrogens with two attached hydrogens (primary N) is 2. The zero-order valence-corrected chi connectivity index (χ0v) is 19.0. The maximum atomic E-state index is 12.0. The molecule has 1 saturated carbocycles. The van der Waals surface area contributed by atoms with E-state index in [2.05, 4.69) is 28.1 Å². The Bertz CT molecular complexity index is 1250. The molecule has 6 nitrogen and oxygen atoms in total. The van der Waals surface area contributed by atoms with Gasteiger partial charge in [-0.25, -0.2) is 0 Å². The van der Waals surface area contributed by atoms with Crippen LogP contribution < -0.4 is 16.4 Å². The molecule has 0 unspecified atom stereocenters. The first-order valence-electron chi connectivity index (χ1n) is 12.3. The largest absolute Gasteiger partial charge is 0.369 e. The Balaban J connectivity index is 1.49. The number of primary amides is 1. The Morgan fingerprint density at radius 2 is 1.88 bits per heavy atom. The molecule has 1 atom stereocenters. The number of anilines is 1. The number of nitrogens with zero attached hydrogens (tertiary/aromatic N) is 3. The molecule has 6 rings (SSSR count). The predicted octanol–water partition coefficient (Wildman–Crippen LogP) is 3.62. The second kappa shape index (κ2) is 7.80. The van der Waals surface area contributed by atoms with E-state index in [9.17, 15) is 4.79 Å². The van der Waals surface area contributed by atoms with Crippen molar-refractivity contribution in [3.8, 4) is 11.1 Å². The lowest BCUT2D eigenvalue weighted by Gasteiger charge is -2.36. The highest BCUT2D eigenvalue weighted by Crippen LogP contribution is 2.48. The fourth-order valence-corrected chi connectivity index (χ4v) is 5.78. The zero-order chi connectivity index (χ0) is 22.6. The van der Waals surface area contributed by atoms with E-state index >= 15 is 0 Å². The fourth-order valence-electron chi connectivity index (χ4n) is 5.78. The van der Waals surface area contributed by atoms with E-state index in [1.54, 1.807) is 6.20 Å². The van der Waals surface area contributed by atoms with Crippen molar-refractivity contribution in [1.82, 2.24) is 9.97 Å². The maximum Gasteiger partial charge on any atom is 0.229 e. The van der Waals surface area contributed by atoms with Gasteiger partial charge >= 0.3 is 0 Å². The third-order valence-corrected chi connectivity index (χ3v) is 7.81. The van der Waals surface area contributed by atoms with Crippen molar-refractivity contribution in [2.75, 3.05) is 18.0 Å². The number of carbonyl (C=O) groups excluding carboxylic acids is 1. The van der Waals surface area contributed by atoms with Gasteiger partial charge in [-0.05, 0) is 92.3 Å². The molecule has 1 amide bonds. The third kappa shape index (κ3) is 3.48. The van der Waals surface area contributed by atoms with E-state index in [1.807, 2.05) is 12.1 Å². The number of amides is 1. The van der Waals surface area contributed by atoms with Crippen molar-refractivity contribution in [2.45, 2.75) is 62.8 Å². The standard InChI is InChI=1S/C27H31N5O/c28-19-4-3-13-32(16-19)25-20-5-1-2-6-22(20)31-23-8-7-17(14-21(23)25)18-9-12-30-24(15-18)27(10-11-27)26(29)33/h7-9,12,14-15,19H,1-6,10-11,13,16,28H2,(H2,29,33)/t19-/m1/s1. The first kappa shape index (κ1) is 20.6. The van der Waals surface area contributed by atoms with Crippen LogP contribution >= 0.6 is 0 Å². The molecule has 2 fully saturated rings. The molecular weight excluding hydrogens is 410 g/mol. The molecule has 0 radical (unpaired) electrons. The predicted molar refractivity (Wildman–Crippen MR) is 131 cm³/mol. The van der Waals surface area contributed by atoms with Gasteiger partial charge in [0, 0.05) is 36.4 Å². The third-order valence-electron chi connectivity index (χ3n) is 7.81. The van der Waals surface area contributed by atoms with Crippen LogP contribution in [0.5, 0.6) is 0 Å². The lowest BCUT2D eigenvalue weighted by molar-refractivity contribution is -0.120. The van der Waals surface area contributed by atoms with Gasteiger partial charge in [-0.3, -0.25) is 14.8 Å². The summed E-state index contributed by atoms with van der Waals surface area (Å²) in [6, 6.07) is 10.8. The summed E-state index contributed by atoms with van der Waals surface area (Å²) in [6.07, 6.45) is 10.2. The lowest BCUT2D eigenvalue weighted by atomic mass is 9.90. The van der Waals surface area contributed by atoms with Crippen molar-refractivity contribution in [3.05, 3.63) is 53.5 Å². The average Bonchev–Trinajstić information content (AvgIpc) is 3.65. The molecule has 3 aliphatic rings. The number of rotatable bonds is 4. The number of piperidine rings is 1. The lowest BCUT2D eigenvalue weighted by Crippen LogP contribution is -2.43. The van der Waals surface area contributed by atoms with E-state index in [4.69, 9.17) is 16.5 Å². The van der Waals surface area contributed by atoms with Gasteiger partial charge in [0.15, 0.2) is 0 Å². The molecule has 1 aromatic carbocycles. The monoisotopic (exact) mass is 441 g/mol. The quantitative estimate of drug-likeness (QED) is 0.644. The van der Waals surface area contributed by atoms with Crippen LogP contribution in [0.1, 0.15) is 55.5 Å². The van der Waals surface area contributed by atoms with Gasteiger partial charge in [0.25, 0.3) is 0 Å². The minimum atomic E-state index is -0.581. The minimum absolute atomic E-state index is 0.218. The molecule has 6 heteroatoms. The summed E-state index contributed by atoms with van der Waals surface area (Å²) in [5.74, 6) is -0.273.